The van der Waals surface area contributed by atoms with Gasteiger partial charge in [0, 0.05) is 25.2 Å². The predicted molar refractivity (Wildman–Crippen MR) is 95.1 cm³/mol. The molecule has 5 nitrogen and oxygen atoms in total. The third kappa shape index (κ3) is 3.91. The Labute approximate surface area is 147 Å². The lowest BCUT2D eigenvalue weighted by Gasteiger charge is -2.27. The van der Waals surface area contributed by atoms with Crippen molar-refractivity contribution in [1.82, 2.24) is 15.2 Å². The molecule has 2 amide bonds. The highest BCUT2D eigenvalue weighted by atomic mass is 32.2. The molecule has 0 bridgehead atoms. The fourth-order valence-corrected chi connectivity index (χ4v) is 4.29. The zero-order valence-electron chi connectivity index (χ0n) is 14.2. The molecule has 6 heteroatoms. The van der Waals surface area contributed by atoms with Gasteiger partial charge in [-0.1, -0.05) is 25.7 Å². The monoisotopic (exact) mass is 347 g/mol. The van der Waals surface area contributed by atoms with E-state index in [0.717, 1.165) is 17.9 Å². The van der Waals surface area contributed by atoms with Crippen molar-refractivity contribution < 1.29 is 9.59 Å². The highest BCUT2D eigenvalue weighted by molar-refractivity contribution is 7.98. The molecule has 0 spiro atoms. The molecule has 1 aliphatic carbocycles. The van der Waals surface area contributed by atoms with Crippen LogP contribution in [0.2, 0.25) is 0 Å². The van der Waals surface area contributed by atoms with Gasteiger partial charge in [-0.25, -0.2) is 4.98 Å². The topological polar surface area (TPSA) is 62.3 Å². The highest BCUT2D eigenvalue weighted by Crippen LogP contribution is 2.26. The quantitative estimate of drug-likeness (QED) is 0.672. The molecular weight excluding hydrogens is 322 g/mol. The molecule has 1 N–H and O–H groups in total. The van der Waals surface area contributed by atoms with E-state index in [0.29, 0.717) is 24.6 Å². The number of nitrogens with zero attached hydrogens (tertiary/aromatic N) is 2. The molecule has 1 aliphatic heterocycles. The van der Waals surface area contributed by atoms with Gasteiger partial charge in [-0.05, 0) is 31.2 Å². The summed E-state index contributed by atoms with van der Waals surface area (Å²) in [6.45, 7) is 0.643. The van der Waals surface area contributed by atoms with Gasteiger partial charge < -0.3 is 10.2 Å². The second-order valence-electron chi connectivity index (χ2n) is 6.63. The molecule has 2 aliphatic rings. The van der Waals surface area contributed by atoms with Gasteiger partial charge >= 0.3 is 0 Å². The Balaban J connectivity index is 1.62. The van der Waals surface area contributed by atoms with Crippen molar-refractivity contribution in [2.24, 2.45) is 0 Å². The Bertz CT molecular complexity index is 600. The van der Waals surface area contributed by atoms with Crippen LogP contribution >= 0.6 is 11.8 Å². The maximum atomic E-state index is 12.5. The summed E-state index contributed by atoms with van der Waals surface area (Å²) in [5.74, 6) is 0.0523. The van der Waals surface area contributed by atoms with Gasteiger partial charge in [-0.2, -0.15) is 0 Å². The minimum atomic E-state index is -0.132. The summed E-state index contributed by atoms with van der Waals surface area (Å²) in [5.41, 5.74) is 0.588. The van der Waals surface area contributed by atoms with Gasteiger partial charge in [-0.3, -0.25) is 9.59 Å². The Morgan fingerprint density at radius 3 is 2.75 bits per heavy atom. The van der Waals surface area contributed by atoms with E-state index < -0.39 is 0 Å². The standard InChI is InChI=1S/C18H25N3O2S/c1-24-18-15(9-6-10-19-18)17(23)20-13-11-16(22)21(12-13)14-7-4-2-3-5-8-14/h6,9-10,13-14H,2-5,7-8,11-12H2,1H3,(H,20,23)/t13-/m0/s1. The molecule has 0 unspecified atom stereocenters. The van der Waals surface area contributed by atoms with Crippen molar-refractivity contribution in [3.8, 4) is 0 Å². The summed E-state index contributed by atoms with van der Waals surface area (Å²) in [5, 5.41) is 3.75. The molecule has 24 heavy (non-hydrogen) atoms. The van der Waals surface area contributed by atoms with E-state index in [1.54, 1.807) is 18.3 Å². The van der Waals surface area contributed by atoms with Crippen molar-refractivity contribution in [2.45, 2.75) is 62.1 Å². The average molecular weight is 347 g/mol. The Hall–Kier alpha value is -1.56. The van der Waals surface area contributed by atoms with E-state index in [2.05, 4.69) is 10.3 Å². The summed E-state index contributed by atoms with van der Waals surface area (Å²) in [6, 6.07) is 3.82. The number of nitrogens with one attached hydrogen (secondary N) is 1. The van der Waals surface area contributed by atoms with Crippen molar-refractivity contribution in [1.29, 1.82) is 0 Å². The summed E-state index contributed by atoms with van der Waals surface area (Å²) in [7, 11) is 0. The highest BCUT2D eigenvalue weighted by Gasteiger charge is 2.35. The van der Waals surface area contributed by atoms with Crippen LogP contribution in [0.4, 0.5) is 0 Å². The molecule has 1 saturated heterocycles. The average Bonchev–Trinajstić information content (AvgIpc) is 2.79. The zero-order valence-corrected chi connectivity index (χ0v) is 15.0. The van der Waals surface area contributed by atoms with Gasteiger partial charge in [-0.15, -0.1) is 11.8 Å². The molecular formula is C18H25N3O2S. The van der Waals surface area contributed by atoms with Crippen molar-refractivity contribution in [3.63, 3.8) is 0 Å². The molecule has 1 aromatic heterocycles. The lowest BCUT2D eigenvalue weighted by atomic mass is 10.1. The lowest BCUT2D eigenvalue weighted by Crippen LogP contribution is -2.40. The van der Waals surface area contributed by atoms with Crippen LogP contribution in [-0.2, 0) is 4.79 Å². The first-order chi connectivity index (χ1) is 11.7. The van der Waals surface area contributed by atoms with Crippen molar-refractivity contribution in [3.05, 3.63) is 23.9 Å². The molecule has 2 heterocycles. The SMILES string of the molecule is CSc1ncccc1C(=O)N[C@H]1CC(=O)N(C2CCCCCC2)C1. The van der Waals surface area contributed by atoms with Crippen molar-refractivity contribution in [2.75, 3.05) is 12.8 Å². The van der Waals surface area contributed by atoms with Gasteiger partial charge in [0.05, 0.1) is 11.6 Å². The Morgan fingerprint density at radius 1 is 1.29 bits per heavy atom. The van der Waals surface area contributed by atoms with Gasteiger partial charge in [0.15, 0.2) is 0 Å². The lowest BCUT2D eigenvalue weighted by molar-refractivity contribution is -0.129. The van der Waals surface area contributed by atoms with Crippen LogP contribution in [0.15, 0.2) is 23.4 Å². The number of pyridine rings is 1. The van der Waals surface area contributed by atoms with Crippen LogP contribution < -0.4 is 5.32 Å². The molecule has 0 radical (unpaired) electrons. The first-order valence-corrected chi connectivity index (χ1v) is 10.0. The number of rotatable bonds is 4. The first-order valence-electron chi connectivity index (χ1n) is 8.78. The summed E-state index contributed by atoms with van der Waals surface area (Å²) in [4.78, 5) is 31.2. The van der Waals surface area contributed by atoms with Gasteiger partial charge in [0.1, 0.15) is 5.03 Å². The van der Waals surface area contributed by atoms with Crippen LogP contribution in [-0.4, -0.2) is 46.6 Å². The van der Waals surface area contributed by atoms with Crippen LogP contribution in [0, 0.1) is 0 Å². The minimum absolute atomic E-state index is 0.0943. The van der Waals surface area contributed by atoms with Crippen LogP contribution in [0.25, 0.3) is 0 Å². The molecule has 3 rings (SSSR count). The van der Waals surface area contributed by atoms with Crippen LogP contribution in [0.5, 0.6) is 0 Å². The summed E-state index contributed by atoms with van der Waals surface area (Å²) >= 11 is 1.46. The maximum absolute atomic E-state index is 12.5. The summed E-state index contributed by atoms with van der Waals surface area (Å²) in [6.07, 6.45) is 11.2. The second kappa shape index (κ2) is 8.01. The summed E-state index contributed by atoms with van der Waals surface area (Å²) < 4.78 is 0. The van der Waals surface area contributed by atoms with Gasteiger partial charge in [0.2, 0.25) is 5.91 Å². The molecule has 1 atom stereocenters. The number of carbonyl (C=O) groups excluding carboxylic acids is 2. The number of likely N-dealkylation sites (tertiary alicyclic amines) is 1. The molecule has 2 fully saturated rings. The number of hydrogen-bond donors (Lipinski definition) is 1. The molecule has 130 valence electrons. The van der Waals surface area contributed by atoms with E-state index >= 15 is 0 Å². The van der Waals surface area contributed by atoms with Crippen molar-refractivity contribution >= 4 is 23.6 Å². The maximum Gasteiger partial charge on any atom is 0.254 e. The number of carbonyl (C=O) groups is 2. The third-order valence-corrected chi connectivity index (χ3v) is 5.68. The fourth-order valence-electron chi connectivity index (χ4n) is 3.74. The normalized spacial score (nSPS) is 22.5. The smallest absolute Gasteiger partial charge is 0.254 e. The van der Waals surface area contributed by atoms with Crippen LogP contribution in [0.1, 0.15) is 55.3 Å². The number of thioether (sulfide) groups is 1. The molecule has 1 saturated carbocycles. The largest absolute Gasteiger partial charge is 0.347 e. The number of hydrogen-bond acceptors (Lipinski definition) is 4. The first kappa shape index (κ1) is 17.3. The number of aromatic nitrogens is 1. The van der Waals surface area contributed by atoms with E-state index in [1.807, 2.05) is 11.2 Å². The molecule has 1 aromatic rings. The Morgan fingerprint density at radius 2 is 2.04 bits per heavy atom. The van der Waals surface area contributed by atoms with E-state index in [-0.39, 0.29) is 17.9 Å². The van der Waals surface area contributed by atoms with Gasteiger partial charge in [0.25, 0.3) is 5.91 Å². The van der Waals surface area contributed by atoms with E-state index in [1.165, 1.54) is 37.4 Å². The van der Waals surface area contributed by atoms with E-state index in [4.69, 9.17) is 0 Å². The van der Waals surface area contributed by atoms with Crippen LogP contribution in [0.3, 0.4) is 0 Å². The third-order valence-electron chi connectivity index (χ3n) is 4.97. The second-order valence-corrected chi connectivity index (χ2v) is 7.42. The molecule has 0 aromatic carbocycles. The zero-order chi connectivity index (χ0) is 16.9. The minimum Gasteiger partial charge on any atom is -0.347 e. The fraction of sp³-hybridized carbons (Fsp3) is 0.611. The Kier molecular flexibility index (Phi) is 5.76. The number of amides is 2. The van der Waals surface area contributed by atoms with E-state index in [9.17, 15) is 9.59 Å². The predicted octanol–water partition coefficient (Wildman–Crippen LogP) is 2.86.